The van der Waals surface area contributed by atoms with Crippen LogP contribution in [0, 0.1) is 0 Å². The molecular formula is C7H10F3O3PSn2+2. The van der Waals surface area contributed by atoms with Gasteiger partial charge in [0.15, 0.2) is 0 Å². The molecule has 0 heterocycles. The van der Waals surface area contributed by atoms with Crippen molar-refractivity contribution in [1.82, 2.24) is 0 Å². The number of halogens is 3. The molecule has 0 saturated carbocycles. The molecule has 0 N–H and O–H groups in total. The number of hydrogen-bond donors (Lipinski definition) is 0. The molecule has 0 spiro atoms. The van der Waals surface area contributed by atoms with Gasteiger partial charge in [0.1, 0.15) is 0 Å². The van der Waals surface area contributed by atoms with E-state index in [0.717, 1.165) is 0 Å². The molecular weight excluding hydrogens is 457 g/mol. The van der Waals surface area contributed by atoms with Gasteiger partial charge in [-0.3, -0.25) is 0 Å². The average Bonchev–Trinajstić information content (AvgIpc) is 2.14. The zero-order valence-corrected chi connectivity index (χ0v) is 15.3. The molecule has 0 bridgehead atoms. The van der Waals surface area contributed by atoms with Gasteiger partial charge in [-0.15, -0.1) is 0 Å². The predicted molar refractivity (Wildman–Crippen MR) is 55.4 cm³/mol. The first-order valence-corrected chi connectivity index (χ1v) is 8.73. The Kier molecular flexibility index (Phi) is 7.57. The van der Waals surface area contributed by atoms with Crippen molar-refractivity contribution in [2.24, 2.45) is 0 Å². The fourth-order valence-corrected chi connectivity index (χ4v) is 4.87. The van der Waals surface area contributed by atoms with Gasteiger partial charge in [-0.25, -0.2) is 0 Å². The van der Waals surface area contributed by atoms with Gasteiger partial charge < -0.3 is 0 Å². The quantitative estimate of drug-likeness (QED) is 0.460. The number of allylic oxidation sites excluding steroid dienone is 1. The summed E-state index contributed by atoms with van der Waals surface area (Å²) >= 11 is 0.571. The van der Waals surface area contributed by atoms with E-state index in [2.05, 4.69) is 0 Å². The molecule has 4 radical (unpaired) electrons. The summed E-state index contributed by atoms with van der Waals surface area (Å²) in [6.45, 7) is 3.23. The van der Waals surface area contributed by atoms with Gasteiger partial charge in [-0.2, -0.15) is 0 Å². The van der Waals surface area contributed by atoms with Gasteiger partial charge in [0.25, 0.3) is 0 Å². The van der Waals surface area contributed by atoms with Crippen LogP contribution >= 0.6 is 7.60 Å². The summed E-state index contributed by atoms with van der Waals surface area (Å²) in [6.07, 6.45) is -4.46. The van der Waals surface area contributed by atoms with Crippen LogP contribution in [-0.4, -0.2) is 64.4 Å². The topological polar surface area (TPSA) is 35.5 Å². The first-order chi connectivity index (χ1) is 7.19. The molecule has 0 aliphatic carbocycles. The third kappa shape index (κ3) is 4.87. The second-order valence-electron chi connectivity index (χ2n) is 2.55. The summed E-state index contributed by atoms with van der Waals surface area (Å²) in [4.78, 5) is 0. The predicted octanol–water partition coefficient (Wildman–Crippen LogP) is 2.32. The second-order valence-corrected chi connectivity index (χ2v) is 8.57. The Morgan fingerprint density at radius 3 is 1.81 bits per heavy atom. The number of alkyl halides is 3. The Hall–Kier alpha value is 1.28. The minimum absolute atomic E-state index is 0.0519. The van der Waals surface area contributed by atoms with Crippen LogP contribution in [0.15, 0.2) is 6.92 Å². The van der Waals surface area contributed by atoms with Crippen LogP contribution in [0.3, 0.4) is 0 Å². The third-order valence-corrected chi connectivity index (χ3v) is 10.6. The minimum atomic E-state index is -4.46. The van der Waals surface area contributed by atoms with Crippen LogP contribution in [0.4, 0.5) is 13.2 Å². The fraction of sp³-hybridized carbons (Fsp3) is 0.714. The van der Waals surface area contributed by atoms with Gasteiger partial charge in [-0.1, -0.05) is 0 Å². The molecule has 3 nitrogen and oxygen atoms in total. The van der Waals surface area contributed by atoms with Gasteiger partial charge in [0.05, 0.1) is 0 Å². The molecule has 9 heteroatoms. The van der Waals surface area contributed by atoms with Gasteiger partial charge >= 0.3 is 120 Å². The van der Waals surface area contributed by atoms with Crippen molar-refractivity contribution in [1.29, 1.82) is 0 Å². The van der Waals surface area contributed by atoms with E-state index in [9.17, 15) is 17.7 Å². The Bertz CT molecular complexity index is 306. The van der Waals surface area contributed by atoms with Crippen molar-refractivity contribution >= 4 is 52.6 Å². The summed E-state index contributed by atoms with van der Waals surface area (Å²) < 4.78 is 58.1. The first-order valence-electron chi connectivity index (χ1n) is 4.33. The van der Waals surface area contributed by atoms with E-state index < -0.39 is 17.4 Å². The van der Waals surface area contributed by atoms with E-state index in [4.69, 9.17) is 9.05 Å². The van der Waals surface area contributed by atoms with Gasteiger partial charge in [0, 0.05) is 0 Å². The van der Waals surface area contributed by atoms with Crippen molar-refractivity contribution < 1.29 is 26.8 Å². The van der Waals surface area contributed by atoms with E-state index in [1.54, 1.807) is 13.8 Å². The molecule has 0 rings (SSSR count). The zero-order valence-electron chi connectivity index (χ0n) is 8.72. The summed E-state index contributed by atoms with van der Waals surface area (Å²) in [5, 5.41) is 0. The average molecular weight is 468 g/mol. The molecule has 0 saturated heterocycles. The van der Waals surface area contributed by atoms with Gasteiger partial charge in [-0.05, 0) is 0 Å². The number of hydrogen-bond acceptors (Lipinski definition) is 3. The number of rotatable bonds is 5. The summed E-state index contributed by atoms with van der Waals surface area (Å²) in [5.74, 6) is 0. The molecule has 0 fully saturated rings. The maximum absolute atomic E-state index is 12.5. The Morgan fingerprint density at radius 2 is 1.56 bits per heavy atom. The Balaban J connectivity index is 5.31. The van der Waals surface area contributed by atoms with E-state index >= 15 is 0 Å². The maximum atomic E-state index is 12.5. The van der Waals surface area contributed by atoms with Gasteiger partial charge in [0.2, 0.25) is 0 Å². The Labute approximate surface area is 119 Å². The van der Waals surface area contributed by atoms with E-state index in [0.29, 0.717) is 22.5 Å². The summed E-state index contributed by atoms with van der Waals surface area (Å²) in [5.41, 5.74) is 0. The summed E-state index contributed by atoms with van der Waals surface area (Å²) in [7, 11) is -3.74. The van der Waals surface area contributed by atoms with Crippen molar-refractivity contribution in [3.8, 4) is 0 Å². The third-order valence-electron chi connectivity index (χ3n) is 1.39. The fourth-order valence-electron chi connectivity index (χ4n) is 0.777. The normalized spacial score (nSPS) is 14.8. The molecule has 0 amide bonds. The molecule has 0 atom stereocenters. The second kappa shape index (κ2) is 7.01. The van der Waals surface area contributed by atoms with Crippen LogP contribution < -0.4 is 0 Å². The molecule has 0 unspecified atom stereocenters. The molecule has 0 aromatic heterocycles. The Morgan fingerprint density at radius 1 is 1.19 bits per heavy atom. The van der Waals surface area contributed by atoms with Crippen molar-refractivity contribution in [3.05, 3.63) is 6.92 Å². The molecule has 0 aromatic rings. The zero-order chi connectivity index (χ0) is 13.0. The SMILES string of the molecule is CCOP(=O)(OCC)/[C]([Sn+])=[C](\[Sn+])C(F)(F)F. The van der Waals surface area contributed by atoms with E-state index in [-0.39, 0.29) is 39.1 Å². The molecule has 0 aromatic carbocycles. The summed E-state index contributed by atoms with van der Waals surface area (Å²) in [6, 6.07) is 0. The van der Waals surface area contributed by atoms with Crippen LogP contribution in [0.5, 0.6) is 0 Å². The van der Waals surface area contributed by atoms with Crippen molar-refractivity contribution in [3.63, 3.8) is 0 Å². The van der Waals surface area contributed by atoms with Crippen LogP contribution in [-0.2, 0) is 13.6 Å². The monoisotopic (exact) mass is 470 g/mol. The van der Waals surface area contributed by atoms with E-state index in [1.165, 1.54) is 0 Å². The van der Waals surface area contributed by atoms with Crippen LogP contribution in [0.2, 0.25) is 0 Å². The van der Waals surface area contributed by atoms with Crippen LogP contribution in [0.1, 0.15) is 13.8 Å². The molecule has 0 aliphatic heterocycles. The molecule has 16 heavy (non-hydrogen) atoms. The van der Waals surface area contributed by atoms with Crippen molar-refractivity contribution in [2.45, 2.75) is 20.0 Å². The van der Waals surface area contributed by atoms with E-state index in [1.807, 2.05) is 0 Å². The molecule has 0 aliphatic rings. The standard InChI is InChI=1S/C7H10F3O3P.2Sn/c1-3-12-14(11,13-4-2)6-5-7(8,9)10;;/h3-4H2,1-2H3;;/q;2*+1. The van der Waals surface area contributed by atoms with Crippen LogP contribution in [0.25, 0.3) is 0 Å². The molecule has 88 valence electrons. The first kappa shape index (κ1) is 17.3. The van der Waals surface area contributed by atoms with Crippen molar-refractivity contribution in [2.75, 3.05) is 13.2 Å².